The average Bonchev–Trinajstić information content (AvgIpc) is 3.34. The second kappa shape index (κ2) is 6.78. The van der Waals surface area contributed by atoms with E-state index in [-0.39, 0.29) is 6.10 Å². The number of hydrogen-bond acceptors (Lipinski definition) is 6. The van der Waals surface area contributed by atoms with Crippen LogP contribution in [0.2, 0.25) is 0 Å². The Morgan fingerprint density at radius 1 is 1.29 bits per heavy atom. The lowest BCUT2D eigenvalue weighted by Gasteiger charge is -2.28. The summed E-state index contributed by atoms with van der Waals surface area (Å²) in [6.45, 7) is 3.10. The first-order valence-electron chi connectivity index (χ1n) is 8.48. The molecule has 0 radical (unpaired) electrons. The van der Waals surface area contributed by atoms with Crippen molar-refractivity contribution < 1.29 is 5.11 Å². The molecule has 3 aromatic rings. The van der Waals surface area contributed by atoms with Crippen LogP contribution in [0.1, 0.15) is 43.0 Å². The summed E-state index contributed by atoms with van der Waals surface area (Å²) in [4.78, 5) is 14.0. The molecule has 1 aliphatic heterocycles. The van der Waals surface area contributed by atoms with Crippen LogP contribution in [0.15, 0.2) is 29.0 Å². The van der Waals surface area contributed by atoms with Crippen LogP contribution in [0, 0.1) is 0 Å². The molecule has 4 heterocycles. The number of anilines is 1. The molecule has 6 heteroatoms. The highest BCUT2D eigenvalue weighted by atomic mass is 32.1. The second-order valence-electron chi connectivity index (χ2n) is 6.21. The quantitative estimate of drug-likeness (QED) is 0.733. The molecular formula is C18H21N3OS2. The molecule has 1 N–H and O–H groups in total. The van der Waals surface area contributed by atoms with E-state index in [4.69, 9.17) is 4.98 Å². The van der Waals surface area contributed by atoms with Crippen molar-refractivity contribution in [1.82, 2.24) is 9.97 Å². The van der Waals surface area contributed by atoms with Gasteiger partial charge in [-0.05, 0) is 42.2 Å². The molecule has 0 spiro atoms. The Bertz CT molecular complexity index is 815. The molecule has 126 valence electrons. The number of aromatic nitrogens is 2. The maximum Gasteiger partial charge on any atom is 0.141 e. The van der Waals surface area contributed by atoms with Crippen LogP contribution in [0.25, 0.3) is 10.2 Å². The zero-order valence-electron chi connectivity index (χ0n) is 13.7. The Labute approximate surface area is 149 Å². The van der Waals surface area contributed by atoms with Crippen molar-refractivity contribution in [3.63, 3.8) is 0 Å². The van der Waals surface area contributed by atoms with Gasteiger partial charge in [0.2, 0.25) is 0 Å². The van der Waals surface area contributed by atoms with Crippen molar-refractivity contribution in [2.45, 2.75) is 44.8 Å². The van der Waals surface area contributed by atoms with Gasteiger partial charge in [0.15, 0.2) is 0 Å². The van der Waals surface area contributed by atoms with Crippen LogP contribution in [0.4, 0.5) is 5.82 Å². The summed E-state index contributed by atoms with van der Waals surface area (Å²) in [5.74, 6) is 1.96. The summed E-state index contributed by atoms with van der Waals surface area (Å²) in [6.07, 6.45) is 3.48. The molecule has 3 aromatic heterocycles. The lowest BCUT2D eigenvalue weighted by atomic mass is 10.1. The van der Waals surface area contributed by atoms with Gasteiger partial charge in [0.1, 0.15) is 16.5 Å². The standard InChI is InChI=1S/C18H21N3OS2/c1-2-16-19-17(13-7-10-24-18(13)20-16)21-8-3-5-12(21)11-14(22)15-6-4-9-23-15/h4,6-7,9-10,12,14,22H,2-3,5,8,11H2,1H3. The number of hydrogen-bond donors (Lipinski definition) is 1. The van der Waals surface area contributed by atoms with Gasteiger partial charge in [-0.2, -0.15) is 0 Å². The monoisotopic (exact) mass is 359 g/mol. The third-order valence-corrected chi connectivity index (χ3v) is 6.46. The fraction of sp³-hybridized carbons (Fsp3) is 0.444. The van der Waals surface area contributed by atoms with E-state index in [9.17, 15) is 5.11 Å². The lowest BCUT2D eigenvalue weighted by Crippen LogP contribution is -2.31. The Hall–Kier alpha value is -1.50. The van der Waals surface area contributed by atoms with Gasteiger partial charge in [-0.1, -0.05) is 13.0 Å². The topological polar surface area (TPSA) is 49.2 Å². The second-order valence-corrected chi connectivity index (χ2v) is 8.09. The van der Waals surface area contributed by atoms with Gasteiger partial charge in [0.05, 0.1) is 11.5 Å². The van der Waals surface area contributed by atoms with Crippen molar-refractivity contribution in [3.05, 3.63) is 39.7 Å². The van der Waals surface area contributed by atoms with E-state index < -0.39 is 0 Å². The van der Waals surface area contributed by atoms with Crippen molar-refractivity contribution in [1.29, 1.82) is 0 Å². The minimum atomic E-state index is -0.388. The minimum absolute atomic E-state index is 0.338. The smallest absolute Gasteiger partial charge is 0.141 e. The van der Waals surface area contributed by atoms with Crippen molar-refractivity contribution in [2.24, 2.45) is 0 Å². The van der Waals surface area contributed by atoms with E-state index in [1.54, 1.807) is 22.7 Å². The number of thiophene rings is 2. The first-order valence-corrected chi connectivity index (χ1v) is 10.2. The van der Waals surface area contributed by atoms with E-state index in [1.807, 2.05) is 17.5 Å². The van der Waals surface area contributed by atoms with Gasteiger partial charge in [0, 0.05) is 23.9 Å². The van der Waals surface area contributed by atoms with E-state index >= 15 is 0 Å². The van der Waals surface area contributed by atoms with E-state index in [0.717, 1.165) is 59.0 Å². The molecule has 0 bridgehead atoms. The number of aliphatic hydroxyl groups excluding tert-OH is 1. The van der Waals surface area contributed by atoms with Gasteiger partial charge in [-0.15, -0.1) is 22.7 Å². The Balaban J connectivity index is 1.64. The summed E-state index contributed by atoms with van der Waals surface area (Å²) in [5, 5.41) is 15.8. The Kier molecular flexibility index (Phi) is 4.52. The average molecular weight is 360 g/mol. The van der Waals surface area contributed by atoms with Gasteiger partial charge in [-0.3, -0.25) is 0 Å². The third-order valence-electron chi connectivity index (χ3n) is 4.68. The SMILES string of the molecule is CCc1nc(N2CCCC2CC(O)c2cccs2)c2ccsc2n1. The molecule has 0 aliphatic carbocycles. The molecule has 1 saturated heterocycles. The first kappa shape index (κ1) is 16.0. The Morgan fingerprint density at radius 3 is 3.00 bits per heavy atom. The molecule has 2 unspecified atom stereocenters. The van der Waals surface area contributed by atoms with Crippen LogP contribution in [-0.4, -0.2) is 27.7 Å². The predicted molar refractivity (Wildman–Crippen MR) is 101 cm³/mol. The predicted octanol–water partition coefficient (Wildman–Crippen LogP) is 4.41. The molecule has 1 aliphatic rings. The van der Waals surface area contributed by atoms with Gasteiger partial charge in [0.25, 0.3) is 0 Å². The highest BCUT2D eigenvalue weighted by Gasteiger charge is 2.30. The van der Waals surface area contributed by atoms with Crippen molar-refractivity contribution >= 4 is 38.7 Å². The molecule has 0 aromatic carbocycles. The first-order chi connectivity index (χ1) is 11.8. The van der Waals surface area contributed by atoms with Crippen LogP contribution < -0.4 is 4.90 Å². The molecular weight excluding hydrogens is 338 g/mol. The van der Waals surface area contributed by atoms with E-state index in [1.165, 1.54) is 0 Å². The maximum absolute atomic E-state index is 10.6. The number of fused-ring (bicyclic) bond motifs is 1. The maximum atomic E-state index is 10.6. The summed E-state index contributed by atoms with van der Waals surface area (Å²) in [5.41, 5.74) is 0. The van der Waals surface area contributed by atoms with Crippen LogP contribution in [0.3, 0.4) is 0 Å². The van der Waals surface area contributed by atoms with Crippen molar-refractivity contribution in [3.8, 4) is 0 Å². The molecule has 4 rings (SSSR count). The van der Waals surface area contributed by atoms with Crippen molar-refractivity contribution in [2.75, 3.05) is 11.4 Å². The number of nitrogens with zero attached hydrogens (tertiary/aromatic N) is 3. The third kappa shape index (κ3) is 2.94. The summed E-state index contributed by atoms with van der Waals surface area (Å²) in [6, 6.07) is 6.48. The fourth-order valence-corrected chi connectivity index (χ4v) is 4.98. The highest BCUT2D eigenvalue weighted by Crippen LogP contribution is 2.36. The summed E-state index contributed by atoms with van der Waals surface area (Å²) in [7, 11) is 0. The normalized spacial score (nSPS) is 19.2. The molecule has 1 fully saturated rings. The zero-order chi connectivity index (χ0) is 16.5. The fourth-order valence-electron chi connectivity index (χ4n) is 3.47. The molecule has 4 nitrogen and oxygen atoms in total. The van der Waals surface area contributed by atoms with Crippen LogP contribution in [0.5, 0.6) is 0 Å². The summed E-state index contributed by atoms with van der Waals surface area (Å²) >= 11 is 3.31. The highest BCUT2D eigenvalue weighted by molar-refractivity contribution is 7.16. The Morgan fingerprint density at radius 2 is 2.21 bits per heavy atom. The number of rotatable bonds is 5. The largest absolute Gasteiger partial charge is 0.387 e. The number of aryl methyl sites for hydroxylation is 1. The summed E-state index contributed by atoms with van der Waals surface area (Å²) < 4.78 is 0. The van der Waals surface area contributed by atoms with E-state index in [0.29, 0.717) is 6.04 Å². The molecule has 2 atom stereocenters. The molecule has 0 amide bonds. The lowest BCUT2D eigenvalue weighted by molar-refractivity contribution is 0.161. The van der Waals surface area contributed by atoms with Gasteiger partial charge in [-0.25, -0.2) is 9.97 Å². The molecule has 24 heavy (non-hydrogen) atoms. The number of aliphatic hydroxyl groups is 1. The van der Waals surface area contributed by atoms with Crippen LogP contribution in [-0.2, 0) is 6.42 Å². The van der Waals surface area contributed by atoms with Gasteiger partial charge < -0.3 is 10.0 Å². The zero-order valence-corrected chi connectivity index (χ0v) is 15.3. The van der Waals surface area contributed by atoms with E-state index in [2.05, 4.69) is 28.3 Å². The van der Waals surface area contributed by atoms with Crippen LogP contribution >= 0.6 is 22.7 Å². The van der Waals surface area contributed by atoms with Gasteiger partial charge >= 0.3 is 0 Å². The minimum Gasteiger partial charge on any atom is -0.387 e. The molecule has 0 saturated carbocycles.